The number of primary amides is 1. The van der Waals surface area contributed by atoms with Crippen LogP contribution in [0.5, 0.6) is 0 Å². The molecule has 0 aliphatic rings. The van der Waals surface area contributed by atoms with E-state index >= 15 is 0 Å². The fourth-order valence-corrected chi connectivity index (χ4v) is 2.91. The summed E-state index contributed by atoms with van der Waals surface area (Å²) in [6, 6.07) is 4.14. The van der Waals surface area contributed by atoms with E-state index in [9.17, 15) is 13.2 Å². The van der Waals surface area contributed by atoms with Crippen LogP contribution < -0.4 is 16.2 Å². The maximum absolute atomic E-state index is 11.9. The first-order chi connectivity index (χ1) is 8.33. The number of nitrogens with one attached hydrogen (secondary N) is 1. The van der Waals surface area contributed by atoms with Crippen LogP contribution in [0, 0.1) is 0 Å². The molecule has 5 N–H and O–H groups in total. The summed E-state index contributed by atoms with van der Waals surface area (Å²) in [4.78, 5) is 10.5. The van der Waals surface area contributed by atoms with Gasteiger partial charge in [0.2, 0.25) is 15.9 Å². The minimum Gasteiger partial charge on any atom is -0.399 e. The Morgan fingerprint density at radius 2 is 2.06 bits per heavy atom. The third-order valence-electron chi connectivity index (χ3n) is 2.14. The van der Waals surface area contributed by atoms with Crippen molar-refractivity contribution in [3.05, 3.63) is 23.2 Å². The van der Waals surface area contributed by atoms with E-state index < -0.39 is 15.9 Å². The molecular weight excluding hydrogens is 278 g/mol. The molecule has 100 valence electrons. The Labute approximate surface area is 110 Å². The molecule has 8 heteroatoms. The third kappa shape index (κ3) is 4.17. The van der Waals surface area contributed by atoms with Crippen LogP contribution >= 0.6 is 11.6 Å². The Morgan fingerprint density at radius 3 is 2.61 bits per heavy atom. The van der Waals surface area contributed by atoms with Crippen LogP contribution in [0.25, 0.3) is 0 Å². The zero-order valence-corrected chi connectivity index (χ0v) is 11.1. The molecular formula is C10H14ClN3O3S. The minimum atomic E-state index is -3.70. The van der Waals surface area contributed by atoms with E-state index in [1.165, 1.54) is 18.2 Å². The Hall–Kier alpha value is -1.31. The molecule has 0 spiro atoms. The van der Waals surface area contributed by atoms with Crippen LogP contribution in [0.2, 0.25) is 5.02 Å². The first kappa shape index (κ1) is 14.7. The molecule has 1 aromatic rings. The Bertz CT molecular complexity index is 545. The van der Waals surface area contributed by atoms with Gasteiger partial charge in [0.05, 0.1) is 5.02 Å². The van der Waals surface area contributed by atoms with Gasteiger partial charge in [-0.3, -0.25) is 4.79 Å². The number of sulfonamides is 1. The molecule has 0 saturated carbocycles. The molecule has 18 heavy (non-hydrogen) atoms. The van der Waals surface area contributed by atoms with Gasteiger partial charge in [-0.25, -0.2) is 13.1 Å². The van der Waals surface area contributed by atoms with Crippen molar-refractivity contribution in [1.82, 2.24) is 4.72 Å². The second-order valence-corrected chi connectivity index (χ2v) is 5.80. The highest BCUT2D eigenvalue weighted by Crippen LogP contribution is 2.23. The van der Waals surface area contributed by atoms with Crippen molar-refractivity contribution in [2.75, 3.05) is 12.3 Å². The maximum Gasteiger partial charge on any atom is 0.242 e. The number of carbonyl (C=O) groups excluding carboxylic acids is 1. The van der Waals surface area contributed by atoms with Crippen LogP contribution in [0.1, 0.15) is 12.8 Å². The van der Waals surface area contributed by atoms with Crippen molar-refractivity contribution in [2.24, 2.45) is 5.73 Å². The van der Waals surface area contributed by atoms with E-state index in [1.54, 1.807) is 0 Å². The van der Waals surface area contributed by atoms with Gasteiger partial charge in [-0.15, -0.1) is 0 Å². The number of nitrogens with two attached hydrogens (primary N) is 2. The van der Waals surface area contributed by atoms with E-state index in [0.29, 0.717) is 12.1 Å². The fourth-order valence-electron chi connectivity index (χ4n) is 1.28. The molecule has 0 heterocycles. The summed E-state index contributed by atoms with van der Waals surface area (Å²) in [6.45, 7) is 0.117. The van der Waals surface area contributed by atoms with E-state index in [1.807, 2.05) is 0 Å². The van der Waals surface area contributed by atoms with Crippen molar-refractivity contribution >= 4 is 33.2 Å². The number of benzene rings is 1. The number of rotatable bonds is 6. The number of anilines is 1. The Morgan fingerprint density at radius 1 is 1.39 bits per heavy atom. The zero-order chi connectivity index (χ0) is 13.8. The minimum absolute atomic E-state index is 0.0440. The van der Waals surface area contributed by atoms with Crippen LogP contribution in [-0.4, -0.2) is 20.9 Å². The molecule has 0 aromatic heterocycles. The topological polar surface area (TPSA) is 115 Å². The number of hydrogen-bond donors (Lipinski definition) is 3. The number of carbonyl (C=O) groups is 1. The second-order valence-electron chi connectivity index (χ2n) is 3.66. The SMILES string of the molecule is NC(=O)CCCNS(=O)(=O)c1ccc(N)cc1Cl. The lowest BCUT2D eigenvalue weighted by Gasteiger charge is -2.08. The largest absolute Gasteiger partial charge is 0.399 e. The average molecular weight is 292 g/mol. The van der Waals surface area contributed by atoms with E-state index in [0.717, 1.165) is 0 Å². The highest BCUT2D eigenvalue weighted by Gasteiger charge is 2.17. The summed E-state index contributed by atoms with van der Waals surface area (Å²) in [5, 5.41) is 0.0531. The van der Waals surface area contributed by atoms with Crippen LogP contribution in [0.3, 0.4) is 0 Å². The number of halogens is 1. The lowest BCUT2D eigenvalue weighted by Crippen LogP contribution is -2.26. The second kappa shape index (κ2) is 6.03. The molecule has 1 rings (SSSR count). The first-order valence-electron chi connectivity index (χ1n) is 5.16. The Kier molecular flexibility index (Phi) is 4.94. The van der Waals surface area contributed by atoms with Crippen LogP contribution in [0.15, 0.2) is 23.1 Å². The van der Waals surface area contributed by atoms with Crippen molar-refractivity contribution < 1.29 is 13.2 Å². The molecule has 0 aliphatic carbocycles. The molecule has 0 atom stereocenters. The number of nitrogen functional groups attached to an aromatic ring is 1. The van der Waals surface area contributed by atoms with Gasteiger partial charge in [0.1, 0.15) is 4.90 Å². The predicted octanol–water partition coefficient (Wildman–Crippen LogP) is 0.466. The van der Waals surface area contributed by atoms with E-state index in [-0.39, 0.29) is 22.9 Å². The van der Waals surface area contributed by atoms with Gasteiger partial charge >= 0.3 is 0 Å². The molecule has 1 aromatic carbocycles. The molecule has 0 aliphatic heterocycles. The van der Waals surface area contributed by atoms with E-state index in [2.05, 4.69) is 4.72 Å². The molecule has 0 saturated heterocycles. The highest BCUT2D eigenvalue weighted by molar-refractivity contribution is 7.89. The van der Waals surface area contributed by atoms with Gasteiger partial charge in [-0.05, 0) is 24.6 Å². The smallest absolute Gasteiger partial charge is 0.242 e. The molecule has 0 unspecified atom stereocenters. The number of hydrogen-bond acceptors (Lipinski definition) is 4. The van der Waals surface area contributed by atoms with Crippen molar-refractivity contribution in [3.63, 3.8) is 0 Å². The lowest BCUT2D eigenvalue weighted by molar-refractivity contribution is -0.118. The van der Waals surface area contributed by atoms with Crippen molar-refractivity contribution in [3.8, 4) is 0 Å². The monoisotopic (exact) mass is 291 g/mol. The third-order valence-corrected chi connectivity index (χ3v) is 4.08. The average Bonchev–Trinajstić information content (AvgIpc) is 2.23. The summed E-state index contributed by atoms with van der Waals surface area (Å²) in [6.07, 6.45) is 0.457. The van der Waals surface area contributed by atoms with E-state index in [4.69, 9.17) is 23.1 Å². The molecule has 6 nitrogen and oxygen atoms in total. The highest BCUT2D eigenvalue weighted by atomic mass is 35.5. The Balaban J connectivity index is 2.71. The molecule has 1 amide bonds. The quantitative estimate of drug-likeness (QED) is 0.522. The summed E-state index contributed by atoms with van der Waals surface area (Å²) >= 11 is 5.80. The standard InChI is InChI=1S/C10H14ClN3O3S/c11-8-6-7(12)3-4-9(8)18(16,17)14-5-1-2-10(13)15/h3-4,6,14H,1-2,5,12H2,(H2,13,15). The summed E-state index contributed by atoms with van der Waals surface area (Å²) in [7, 11) is -3.70. The normalized spacial score (nSPS) is 11.4. The van der Waals surface area contributed by atoms with Crippen LogP contribution in [0.4, 0.5) is 5.69 Å². The maximum atomic E-state index is 11.9. The first-order valence-corrected chi connectivity index (χ1v) is 7.02. The summed E-state index contributed by atoms with van der Waals surface area (Å²) < 4.78 is 26.0. The molecule has 0 fully saturated rings. The molecule has 0 bridgehead atoms. The van der Waals surface area contributed by atoms with Gasteiger partial charge < -0.3 is 11.5 Å². The van der Waals surface area contributed by atoms with Gasteiger partial charge in [0.25, 0.3) is 0 Å². The van der Waals surface area contributed by atoms with Crippen molar-refractivity contribution in [1.29, 1.82) is 0 Å². The fraction of sp³-hybridized carbons (Fsp3) is 0.300. The lowest BCUT2D eigenvalue weighted by atomic mass is 10.3. The number of amides is 1. The zero-order valence-electron chi connectivity index (χ0n) is 9.52. The predicted molar refractivity (Wildman–Crippen MR) is 69.5 cm³/mol. The van der Waals surface area contributed by atoms with Crippen LogP contribution in [-0.2, 0) is 14.8 Å². The van der Waals surface area contributed by atoms with Crippen molar-refractivity contribution in [2.45, 2.75) is 17.7 Å². The van der Waals surface area contributed by atoms with Gasteiger partial charge in [0, 0.05) is 18.7 Å². The van der Waals surface area contributed by atoms with Gasteiger partial charge in [-0.2, -0.15) is 0 Å². The van der Waals surface area contributed by atoms with Gasteiger partial charge in [-0.1, -0.05) is 11.6 Å². The summed E-state index contributed by atoms with van der Waals surface area (Å²) in [5.41, 5.74) is 10.8. The summed E-state index contributed by atoms with van der Waals surface area (Å²) in [5.74, 6) is -0.472. The molecule has 0 radical (unpaired) electrons. The van der Waals surface area contributed by atoms with Gasteiger partial charge in [0.15, 0.2) is 0 Å².